The zero-order chi connectivity index (χ0) is 14.3. The van der Waals surface area contributed by atoms with Gasteiger partial charge in [-0.05, 0) is 36.8 Å². The van der Waals surface area contributed by atoms with Gasteiger partial charge in [0.1, 0.15) is 11.6 Å². The quantitative estimate of drug-likeness (QED) is 0.756. The molecular weight excluding hydrogens is 272 g/mol. The summed E-state index contributed by atoms with van der Waals surface area (Å²) in [5.74, 6) is -0.450. The van der Waals surface area contributed by atoms with Crippen LogP contribution in [0.1, 0.15) is 22.3 Å². The Morgan fingerprint density at radius 1 is 1.32 bits per heavy atom. The number of carbonyl (C=O) groups is 1. The standard InChI is InChI=1S/C13H17F2NO2S/c1-9-7-12(15)10(8-11(9)14)13(18)16-3-6-19-5-2-4-17/h7-8,17H,2-6H2,1H3,(H,16,18). The molecule has 106 valence electrons. The van der Waals surface area contributed by atoms with Gasteiger partial charge in [0.15, 0.2) is 0 Å². The summed E-state index contributed by atoms with van der Waals surface area (Å²) in [6.07, 6.45) is 0.705. The molecule has 0 spiro atoms. The lowest BCUT2D eigenvalue weighted by Gasteiger charge is -2.07. The van der Waals surface area contributed by atoms with Gasteiger partial charge in [0.2, 0.25) is 0 Å². The second-order valence-electron chi connectivity index (χ2n) is 4.03. The minimum Gasteiger partial charge on any atom is -0.396 e. The summed E-state index contributed by atoms with van der Waals surface area (Å²) >= 11 is 1.58. The van der Waals surface area contributed by atoms with E-state index in [9.17, 15) is 13.6 Å². The Bertz CT molecular complexity index is 441. The van der Waals surface area contributed by atoms with Gasteiger partial charge in [-0.3, -0.25) is 4.79 Å². The van der Waals surface area contributed by atoms with Crippen molar-refractivity contribution in [3.8, 4) is 0 Å². The topological polar surface area (TPSA) is 49.3 Å². The minimum absolute atomic E-state index is 0.146. The van der Waals surface area contributed by atoms with E-state index in [1.54, 1.807) is 11.8 Å². The summed E-state index contributed by atoms with van der Waals surface area (Å²) in [4.78, 5) is 11.7. The molecule has 0 radical (unpaired) electrons. The van der Waals surface area contributed by atoms with Crippen LogP contribution in [-0.2, 0) is 0 Å². The molecule has 3 nitrogen and oxygen atoms in total. The fraction of sp³-hybridized carbons (Fsp3) is 0.462. The molecule has 6 heteroatoms. The lowest BCUT2D eigenvalue weighted by atomic mass is 10.1. The molecule has 0 saturated carbocycles. The van der Waals surface area contributed by atoms with Gasteiger partial charge in [0.05, 0.1) is 5.56 Å². The Balaban J connectivity index is 2.43. The number of aliphatic hydroxyl groups is 1. The van der Waals surface area contributed by atoms with Crippen molar-refractivity contribution < 1.29 is 18.7 Å². The molecule has 2 N–H and O–H groups in total. The smallest absolute Gasteiger partial charge is 0.254 e. The van der Waals surface area contributed by atoms with Crippen LogP contribution in [0.4, 0.5) is 8.78 Å². The zero-order valence-electron chi connectivity index (χ0n) is 10.7. The van der Waals surface area contributed by atoms with Crippen molar-refractivity contribution in [2.75, 3.05) is 24.7 Å². The number of aryl methyl sites for hydroxylation is 1. The van der Waals surface area contributed by atoms with E-state index in [0.717, 1.165) is 17.9 Å². The number of halogens is 2. The summed E-state index contributed by atoms with van der Waals surface area (Å²) < 4.78 is 26.8. The van der Waals surface area contributed by atoms with Gasteiger partial charge in [-0.15, -0.1) is 0 Å². The average Bonchev–Trinajstić information content (AvgIpc) is 2.37. The van der Waals surface area contributed by atoms with Gasteiger partial charge in [0.25, 0.3) is 5.91 Å². The molecule has 1 aromatic rings. The second kappa shape index (κ2) is 8.12. The Labute approximate surface area is 115 Å². The number of hydrogen-bond donors (Lipinski definition) is 2. The Hall–Kier alpha value is -1.14. The maximum atomic E-state index is 13.5. The third kappa shape index (κ3) is 5.16. The lowest BCUT2D eigenvalue weighted by Crippen LogP contribution is -2.27. The molecule has 0 unspecified atom stereocenters. The molecule has 1 rings (SSSR count). The van der Waals surface area contributed by atoms with Crippen molar-refractivity contribution in [1.29, 1.82) is 0 Å². The normalized spacial score (nSPS) is 10.5. The van der Waals surface area contributed by atoms with E-state index in [4.69, 9.17) is 5.11 Å². The molecule has 1 aromatic carbocycles. The van der Waals surface area contributed by atoms with Gasteiger partial charge in [-0.25, -0.2) is 8.78 Å². The fourth-order valence-electron chi connectivity index (χ4n) is 1.42. The second-order valence-corrected chi connectivity index (χ2v) is 5.25. The number of thioether (sulfide) groups is 1. The van der Waals surface area contributed by atoms with Crippen LogP contribution in [0.15, 0.2) is 12.1 Å². The minimum atomic E-state index is -0.718. The van der Waals surface area contributed by atoms with Crippen LogP contribution in [0.5, 0.6) is 0 Å². The van der Waals surface area contributed by atoms with Gasteiger partial charge in [-0.2, -0.15) is 11.8 Å². The van der Waals surface area contributed by atoms with Crippen molar-refractivity contribution in [2.24, 2.45) is 0 Å². The number of benzene rings is 1. The van der Waals surface area contributed by atoms with E-state index in [2.05, 4.69) is 5.32 Å². The van der Waals surface area contributed by atoms with Gasteiger partial charge in [0, 0.05) is 18.9 Å². The van der Waals surface area contributed by atoms with Crippen molar-refractivity contribution in [1.82, 2.24) is 5.32 Å². The maximum Gasteiger partial charge on any atom is 0.254 e. The van der Waals surface area contributed by atoms with Gasteiger partial charge >= 0.3 is 0 Å². The molecule has 0 aliphatic heterocycles. The van der Waals surface area contributed by atoms with E-state index in [0.29, 0.717) is 18.7 Å². The van der Waals surface area contributed by atoms with E-state index in [1.807, 2.05) is 0 Å². The van der Waals surface area contributed by atoms with Crippen molar-refractivity contribution >= 4 is 17.7 Å². The molecular formula is C13H17F2NO2S. The van der Waals surface area contributed by atoms with E-state index >= 15 is 0 Å². The molecule has 0 aliphatic carbocycles. The average molecular weight is 289 g/mol. The third-order valence-electron chi connectivity index (χ3n) is 2.47. The maximum absolute atomic E-state index is 13.5. The molecule has 0 aliphatic rings. The predicted octanol–water partition coefficient (Wildman–Crippen LogP) is 2.12. The first-order valence-electron chi connectivity index (χ1n) is 5.98. The number of rotatable bonds is 7. The van der Waals surface area contributed by atoms with Crippen molar-refractivity contribution in [2.45, 2.75) is 13.3 Å². The van der Waals surface area contributed by atoms with Crippen LogP contribution in [0.3, 0.4) is 0 Å². The highest BCUT2D eigenvalue weighted by Crippen LogP contribution is 2.14. The van der Waals surface area contributed by atoms with Crippen molar-refractivity contribution in [3.63, 3.8) is 0 Å². The van der Waals surface area contributed by atoms with Gasteiger partial charge in [-0.1, -0.05) is 0 Å². The Morgan fingerprint density at radius 2 is 2.05 bits per heavy atom. The summed E-state index contributed by atoms with van der Waals surface area (Å²) in [6.45, 7) is 1.97. The number of nitrogens with one attached hydrogen (secondary N) is 1. The summed E-state index contributed by atoms with van der Waals surface area (Å²) in [6, 6.07) is 1.93. The first-order chi connectivity index (χ1) is 9.06. The molecule has 0 saturated heterocycles. The summed E-state index contributed by atoms with van der Waals surface area (Å²) in [7, 11) is 0. The van der Waals surface area contributed by atoms with Crippen LogP contribution in [0.25, 0.3) is 0 Å². The van der Waals surface area contributed by atoms with E-state index in [1.165, 1.54) is 6.92 Å². The molecule has 0 heterocycles. The molecule has 19 heavy (non-hydrogen) atoms. The summed E-state index contributed by atoms with van der Waals surface area (Å²) in [5, 5.41) is 11.1. The van der Waals surface area contributed by atoms with Crippen LogP contribution in [0, 0.1) is 18.6 Å². The largest absolute Gasteiger partial charge is 0.396 e. The number of amides is 1. The number of carbonyl (C=O) groups excluding carboxylic acids is 1. The molecule has 0 aromatic heterocycles. The molecule has 0 atom stereocenters. The van der Waals surface area contributed by atoms with Crippen molar-refractivity contribution in [3.05, 3.63) is 34.9 Å². The highest BCUT2D eigenvalue weighted by atomic mass is 32.2. The van der Waals surface area contributed by atoms with Crippen LogP contribution >= 0.6 is 11.8 Å². The first-order valence-corrected chi connectivity index (χ1v) is 7.14. The molecule has 0 fully saturated rings. The van der Waals surface area contributed by atoms with Gasteiger partial charge < -0.3 is 10.4 Å². The highest BCUT2D eigenvalue weighted by molar-refractivity contribution is 7.99. The SMILES string of the molecule is Cc1cc(F)c(C(=O)NCCSCCCO)cc1F. The third-order valence-corrected chi connectivity index (χ3v) is 3.54. The Morgan fingerprint density at radius 3 is 2.74 bits per heavy atom. The fourth-order valence-corrected chi connectivity index (χ4v) is 2.20. The van der Waals surface area contributed by atoms with Crippen LogP contribution in [-0.4, -0.2) is 35.7 Å². The summed E-state index contributed by atoms with van der Waals surface area (Å²) in [5.41, 5.74) is -0.0999. The van der Waals surface area contributed by atoms with E-state index in [-0.39, 0.29) is 17.7 Å². The number of hydrogen-bond acceptors (Lipinski definition) is 3. The predicted molar refractivity (Wildman–Crippen MR) is 72.5 cm³/mol. The molecule has 1 amide bonds. The first kappa shape index (κ1) is 15.9. The zero-order valence-corrected chi connectivity index (χ0v) is 11.5. The monoisotopic (exact) mass is 289 g/mol. The lowest BCUT2D eigenvalue weighted by molar-refractivity contribution is 0.0951. The van der Waals surface area contributed by atoms with Crippen LogP contribution in [0.2, 0.25) is 0 Å². The molecule has 0 bridgehead atoms. The van der Waals surface area contributed by atoms with E-state index < -0.39 is 17.5 Å². The number of aliphatic hydroxyl groups excluding tert-OH is 1. The highest BCUT2D eigenvalue weighted by Gasteiger charge is 2.14. The van der Waals surface area contributed by atoms with Crippen LogP contribution < -0.4 is 5.32 Å². The Kier molecular flexibility index (Phi) is 6.80.